The predicted molar refractivity (Wildman–Crippen MR) is 94.0 cm³/mol. The lowest BCUT2D eigenvalue weighted by Gasteiger charge is -2.15. The molecule has 0 bridgehead atoms. The molecule has 0 unspecified atom stereocenters. The first-order valence-electron chi connectivity index (χ1n) is 8.27. The zero-order chi connectivity index (χ0) is 19.9. The van der Waals surface area contributed by atoms with E-state index < -0.39 is 17.8 Å². The fourth-order valence-electron chi connectivity index (χ4n) is 2.36. The first kappa shape index (κ1) is 20.7. The van der Waals surface area contributed by atoms with Crippen molar-refractivity contribution in [2.45, 2.75) is 25.4 Å². The molecular weight excluding hydrogens is 361 g/mol. The van der Waals surface area contributed by atoms with E-state index in [0.29, 0.717) is 17.9 Å². The van der Waals surface area contributed by atoms with E-state index in [9.17, 15) is 23.1 Å². The number of nitrogens with one attached hydrogen (secondary N) is 2. The molecule has 2 rings (SSSR count). The summed E-state index contributed by atoms with van der Waals surface area (Å²) in [5, 5.41) is 14.6. The molecule has 0 aliphatic carbocycles. The van der Waals surface area contributed by atoms with Gasteiger partial charge < -0.3 is 15.2 Å². The van der Waals surface area contributed by atoms with Crippen molar-refractivity contribution in [1.82, 2.24) is 10.6 Å². The number of hydrogen-bond acceptors (Lipinski definition) is 4. The van der Waals surface area contributed by atoms with Crippen molar-refractivity contribution in [3.8, 4) is 5.75 Å². The summed E-state index contributed by atoms with van der Waals surface area (Å²) in [6, 6.07) is 11.2. The quantitative estimate of drug-likeness (QED) is 0.656. The van der Waals surface area contributed by atoms with Crippen LogP contribution < -0.4 is 15.4 Å². The molecule has 0 saturated carbocycles. The van der Waals surface area contributed by atoms with E-state index in [4.69, 9.17) is 4.74 Å². The lowest BCUT2D eigenvalue weighted by Crippen LogP contribution is -2.44. The van der Waals surface area contributed by atoms with Gasteiger partial charge in [0, 0.05) is 13.6 Å². The number of aliphatic hydroxyl groups is 1. The van der Waals surface area contributed by atoms with Gasteiger partial charge in [-0.15, -0.1) is 0 Å². The van der Waals surface area contributed by atoms with E-state index in [1.165, 1.54) is 13.1 Å². The Labute approximate surface area is 155 Å². The number of ether oxygens (including phenoxy) is 1. The zero-order valence-electron chi connectivity index (χ0n) is 14.7. The lowest BCUT2D eigenvalue weighted by molar-refractivity contribution is -0.137. The minimum Gasteiger partial charge on any atom is -0.489 e. The lowest BCUT2D eigenvalue weighted by atomic mass is 10.1. The highest BCUT2D eigenvalue weighted by Gasteiger charge is 2.30. The average Bonchev–Trinajstić information content (AvgIpc) is 2.67. The predicted octanol–water partition coefficient (Wildman–Crippen LogP) is 2.48. The third kappa shape index (κ3) is 6.26. The normalized spacial score (nSPS) is 12.5. The van der Waals surface area contributed by atoms with Gasteiger partial charge in [-0.05, 0) is 35.4 Å². The molecule has 27 heavy (non-hydrogen) atoms. The summed E-state index contributed by atoms with van der Waals surface area (Å²) >= 11 is 0. The number of amides is 1. The maximum Gasteiger partial charge on any atom is 0.416 e. The van der Waals surface area contributed by atoms with Gasteiger partial charge in [-0.2, -0.15) is 13.2 Å². The van der Waals surface area contributed by atoms with Gasteiger partial charge >= 0.3 is 6.18 Å². The summed E-state index contributed by atoms with van der Waals surface area (Å²) in [5.74, 6) is 0.208. The Morgan fingerprint density at radius 3 is 2.44 bits per heavy atom. The van der Waals surface area contributed by atoms with Crippen LogP contribution in [0.4, 0.5) is 13.2 Å². The monoisotopic (exact) mass is 382 g/mol. The van der Waals surface area contributed by atoms with Crippen LogP contribution in [0, 0.1) is 0 Å². The Bertz CT molecular complexity index is 749. The molecule has 3 N–H and O–H groups in total. The van der Waals surface area contributed by atoms with Gasteiger partial charge in [-0.25, -0.2) is 0 Å². The van der Waals surface area contributed by atoms with Gasteiger partial charge in [0.15, 0.2) is 0 Å². The number of carbonyl (C=O) groups excluding carboxylic acids is 1. The third-order valence-corrected chi connectivity index (χ3v) is 3.88. The molecule has 2 aromatic rings. The van der Waals surface area contributed by atoms with Gasteiger partial charge in [-0.1, -0.05) is 24.3 Å². The number of halogens is 3. The molecule has 0 heterocycles. The molecule has 0 saturated heterocycles. The van der Waals surface area contributed by atoms with E-state index in [1.54, 1.807) is 30.3 Å². The molecule has 0 aliphatic rings. The van der Waals surface area contributed by atoms with Crippen LogP contribution >= 0.6 is 0 Å². The van der Waals surface area contributed by atoms with Crippen molar-refractivity contribution in [1.29, 1.82) is 0 Å². The average molecular weight is 382 g/mol. The fraction of sp³-hybridized carbons (Fsp3) is 0.316. The van der Waals surface area contributed by atoms with Crippen molar-refractivity contribution in [2.24, 2.45) is 0 Å². The zero-order valence-corrected chi connectivity index (χ0v) is 14.7. The molecule has 8 heteroatoms. The molecule has 0 spiro atoms. The number of alkyl halides is 3. The summed E-state index contributed by atoms with van der Waals surface area (Å²) in [6.45, 7) is 0.0647. The number of rotatable bonds is 8. The smallest absolute Gasteiger partial charge is 0.416 e. The summed E-state index contributed by atoms with van der Waals surface area (Å²) in [5.41, 5.74) is 0.579. The largest absolute Gasteiger partial charge is 0.489 e. The van der Waals surface area contributed by atoms with Gasteiger partial charge in [-0.3, -0.25) is 10.1 Å². The van der Waals surface area contributed by atoms with Crippen LogP contribution in [0.25, 0.3) is 0 Å². The number of aliphatic hydroxyl groups excluding tert-OH is 1. The summed E-state index contributed by atoms with van der Waals surface area (Å²) < 4.78 is 43.7. The minimum absolute atomic E-state index is 0.0186. The second-order valence-corrected chi connectivity index (χ2v) is 5.86. The molecule has 2 aromatic carbocycles. The van der Waals surface area contributed by atoms with E-state index in [2.05, 4.69) is 10.6 Å². The Morgan fingerprint density at radius 1 is 1.15 bits per heavy atom. The minimum atomic E-state index is -4.38. The first-order valence-corrected chi connectivity index (χ1v) is 8.27. The Morgan fingerprint density at radius 2 is 1.85 bits per heavy atom. The summed E-state index contributed by atoms with van der Waals surface area (Å²) in [4.78, 5) is 11.5. The number of hydrogen-bond donors (Lipinski definition) is 3. The Kier molecular flexibility index (Phi) is 7.20. The standard InChI is InChI=1S/C19H21F3N2O3/c1-23-18(26)17(11-25)24-10-13-5-7-16(8-6-13)27-12-14-3-2-4-15(9-14)19(20,21)22/h2-9,17,24-25H,10-12H2,1H3,(H,23,26)/t17-/m0/s1. The van der Waals surface area contributed by atoms with E-state index in [-0.39, 0.29) is 19.1 Å². The van der Waals surface area contributed by atoms with Crippen molar-refractivity contribution >= 4 is 5.91 Å². The Hall–Kier alpha value is -2.58. The van der Waals surface area contributed by atoms with Crippen molar-refractivity contribution in [3.63, 3.8) is 0 Å². The fourth-order valence-corrected chi connectivity index (χ4v) is 2.36. The summed E-state index contributed by atoms with van der Waals surface area (Å²) in [6.07, 6.45) is -4.38. The highest BCUT2D eigenvalue weighted by atomic mass is 19.4. The maximum atomic E-state index is 12.7. The Balaban J connectivity index is 1.90. The van der Waals surface area contributed by atoms with E-state index >= 15 is 0 Å². The number of benzene rings is 2. The molecule has 1 atom stereocenters. The van der Waals surface area contributed by atoms with Crippen molar-refractivity contribution in [2.75, 3.05) is 13.7 Å². The van der Waals surface area contributed by atoms with Crippen LogP contribution in [-0.4, -0.2) is 30.7 Å². The maximum absolute atomic E-state index is 12.7. The highest BCUT2D eigenvalue weighted by molar-refractivity contribution is 5.81. The topological polar surface area (TPSA) is 70.6 Å². The third-order valence-electron chi connectivity index (χ3n) is 3.88. The number of likely N-dealkylation sites (N-methyl/N-ethyl adjacent to an activating group) is 1. The van der Waals surface area contributed by atoms with E-state index in [1.807, 2.05) is 0 Å². The van der Waals surface area contributed by atoms with Crippen LogP contribution in [0.2, 0.25) is 0 Å². The van der Waals surface area contributed by atoms with Crippen LogP contribution in [0.15, 0.2) is 48.5 Å². The SMILES string of the molecule is CNC(=O)[C@H](CO)NCc1ccc(OCc2cccc(C(F)(F)F)c2)cc1. The first-order chi connectivity index (χ1) is 12.8. The van der Waals surface area contributed by atoms with Crippen LogP contribution in [0.3, 0.4) is 0 Å². The molecule has 0 radical (unpaired) electrons. The van der Waals surface area contributed by atoms with Crippen LogP contribution in [0.5, 0.6) is 5.75 Å². The molecule has 0 fully saturated rings. The van der Waals surface area contributed by atoms with Gasteiger partial charge in [0.05, 0.1) is 12.2 Å². The van der Waals surface area contributed by atoms with Gasteiger partial charge in [0.1, 0.15) is 18.4 Å². The molecule has 0 aromatic heterocycles. The summed E-state index contributed by atoms with van der Waals surface area (Å²) in [7, 11) is 1.49. The number of carbonyl (C=O) groups is 1. The second-order valence-electron chi connectivity index (χ2n) is 5.86. The molecule has 0 aliphatic heterocycles. The van der Waals surface area contributed by atoms with Crippen LogP contribution in [0.1, 0.15) is 16.7 Å². The highest BCUT2D eigenvalue weighted by Crippen LogP contribution is 2.29. The molecule has 5 nitrogen and oxygen atoms in total. The second kappa shape index (κ2) is 9.38. The molecule has 146 valence electrons. The van der Waals surface area contributed by atoms with Crippen molar-refractivity contribution < 1.29 is 27.8 Å². The van der Waals surface area contributed by atoms with E-state index in [0.717, 1.165) is 17.7 Å². The van der Waals surface area contributed by atoms with Gasteiger partial charge in [0.25, 0.3) is 0 Å². The van der Waals surface area contributed by atoms with Crippen molar-refractivity contribution in [3.05, 3.63) is 65.2 Å². The van der Waals surface area contributed by atoms with Gasteiger partial charge in [0.2, 0.25) is 5.91 Å². The molecular formula is C19H21F3N2O3. The molecule has 1 amide bonds. The van der Waals surface area contributed by atoms with Crippen LogP contribution in [-0.2, 0) is 24.1 Å².